The van der Waals surface area contributed by atoms with Gasteiger partial charge in [0.05, 0.1) is 73.3 Å². The summed E-state index contributed by atoms with van der Waals surface area (Å²) in [5.74, 6) is -4.94. The number of hydrogen-bond acceptors (Lipinski definition) is 23. The standard InChI is InChI=1S/C68H85N11O21/c1-5-68(95)40-23-45-58-38(29-79(45)64(92)39(40)31-97-66(68)94)57-41(16-15-37-56(57)44(76-58)24-46-62(37)99-34-98-46)77-65(93)67(3,4)32-96-33-73-52(84)26-69-35(2)43(22-36-12-8-6-9-13-36)75-53(85)28-71-51(83)27-72-63(91)42(74-50(82)14-10-7-11-21-78-54(86)19-20-55(78)87)17-18-49(81)70-25-47-59(88)61(90)60(89)48(30-80)100-47/h6,8-9,12-13,19-20,23-24,35,41-43,47-48,59-61,69,80,88-90,95H,5,7,10-11,14-18,21-22,25-34H2,1-4H3,(H,70,81)(H,71,83)(H,72,91)(H,73,84)(H,74,82)(H,75,85)(H,77,93)/t35-,41-,42-,43-,47-,48+,59-,60+,61+,68-/m0/s1. The quantitative estimate of drug-likeness (QED) is 0.00930. The minimum atomic E-state index is -2.03. The first-order chi connectivity index (χ1) is 47.8. The Morgan fingerprint density at radius 1 is 0.790 bits per heavy atom. The van der Waals surface area contributed by atoms with E-state index in [1.54, 1.807) is 44.4 Å². The lowest BCUT2D eigenvalue weighted by Gasteiger charge is -2.40. The van der Waals surface area contributed by atoms with Gasteiger partial charge in [0.1, 0.15) is 49.9 Å². The number of aryl methyl sites for hydroxylation is 1. The Labute approximate surface area is 573 Å². The van der Waals surface area contributed by atoms with E-state index in [0.717, 1.165) is 27.0 Å². The molecule has 32 nitrogen and oxygen atoms in total. The molecule has 0 bridgehead atoms. The fraction of sp³-hybridized carbons (Fsp3) is 0.529. The third-order valence-corrected chi connectivity index (χ3v) is 18.9. The number of benzene rings is 2. The number of carbonyl (C=O) groups excluding carboxylic acids is 10. The summed E-state index contributed by atoms with van der Waals surface area (Å²) in [7, 11) is 0. The van der Waals surface area contributed by atoms with Crippen LogP contribution in [0.1, 0.15) is 118 Å². The van der Waals surface area contributed by atoms with Gasteiger partial charge in [-0.3, -0.25) is 52.8 Å². The molecular formula is C68H85N11O21. The molecule has 2 aromatic heterocycles. The highest BCUT2D eigenvalue weighted by Crippen LogP contribution is 2.50. The molecule has 32 heteroatoms. The summed E-state index contributed by atoms with van der Waals surface area (Å²) >= 11 is 0. The van der Waals surface area contributed by atoms with Gasteiger partial charge in [0.15, 0.2) is 17.1 Å². The zero-order valence-electron chi connectivity index (χ0n) is 55.9. The maximum Gasteiger partial charge on any atom is 0.343 e. The van der Waals surface area contributed by atoms with E-state index in [0.29, 0.717) is 72.5 Å². The molecule has 0 spiro atoms. The molecule has 5 aliphatic heterocycles. The zero-order chi connectivity index (χ0) is 71.7. The Hall–Kier alpha value is -9.28. The minimum absolute atomic E-state index is 0.0165. The van der Waals surface area contributed by atoms with Crippen LogP contribution in [0.4, 0.5) is 0 Å². The predicted octanol–water partition coefficient (Wildman–Crippen LogP) is -2.32. The maximum absolute atomic E-state index is 14.4. The second-order valence-electron chi connectivity index (χ2n) is 26.3. The van der Waals surface area contributed by atoms with E-state index in [9.17, 15) is 78.3 Å². The Balaban J connectivity index is 0.692. The highest BCUT2D eigenvalue weighted by Gasteiger charge is 2.47. The molecule has 1 aliphatic carbocycles. The summed E-state index contributed by atoms with van der Waals surface area (Å²) in [5, 5.41) is 74.4. The van der Waals surface area contributed by atoms with Crippen LogP contribution in [0.15, 0.2) is 59.4 Å². The molecule has 0 unspecified atom stereocenters. The molecule has 0 saturated carbocycles. The number of nitrogens with zero attached hydrogens (tertiary/aromatic N) is 3. The van der Waals surface area contributed by atoms with Crippen LogP contribution >= 0.6 is 0 Å². The minimum Gasteiger partial charge on any atom is -0.458 e. The molecular weight excluding hydrogens is 1310 g/mol. The van der Waals surface area contributed by atoms with Crippen molar-refractivity contribution in [1.82, 2.24) is 57.0 Å². The van der Waals surface area contributed by atoms with Crippen LogP contribution in [-0.2, 0) is 93.8 Å². The van der Waals surface area contributed by atoms with Crippen molar-refractivity contribution in [1.29, 1.82) is 0 Å². The second-order valence-corrected chi connectivity index (χ2v) is 26.3. The van der Waals surface area contributed by atoms with Crippen molar-refractivity contribution in [3.63, 3.8) is 0 Å². The number of aromatic nitrogens is 2. The van der Waals surface area contributed by atoms with Gasteiger partial charge in [-0.25, -0.2) is 9.78 Å². The van der Waals surface area contributed by atoms with Crippen molar-refractivity contribution in [2.75, 3.05) is 59.5 Å². The summed E-state index contributed by atoms with van der Waals surface area (Å²) < 4.78 is 29.9. The summed E-state index contributed by atoms with van der Waals surface area (Å²) in [5.41, 5.74) is 1.29. The number of amides is 9. The third-order valence-electron chi connectivity index (χ3n) is 18.9. The molecule has 10 atom stereocenters. The Kier molecular flexibility index (Phi) is 23.4. The number of carbonyl (C=O) groups is 10. The number of cyclic esters (lactones) is 1. The molecule has 0 radical (unpaired) electrons. The fourth-order valence-corrected chi connectivity index (χ4v) is 13.1. The van der Waals surface area contributed by atoms with Crippen molar-refractivity contribution in [3.05, 3.63) is 98.4 Å². The van der Waals surface area contributed by atoms with E-state index in [1.807, 2.05) is 30.3 Å². The van der Waals surface area contributed by atoms with E-state index >= 15 is 0 Å². The number of pyridine rings is 2. The smallest absolute Gasteiger partial charge is 0.343 e. The van der Waals surface area contributed by atoms with Crippen molar-refractivity contribution in [2.24, 2.45) is 5.41 Å². The van der Waals surface area contributed by atoms with Crippen LogP contribution in [0.5, 0.6) is 11.5 Å². The molecule has 100 heavy (non-hydrogen) atoms. The van der Waals surface area contributed by atoms with Crippen molar-refractivity contribution < 1.29 is 97.2 Å². The van der Waals surface area contributed by atoms with Gasteiger partial charge in [0.25, 0.3) is 17.4 Å². The maximum atomic E-state index is 14.4. The fourth-order valence-electron chi connectivity index (χ4n) is 13.1. The molecule has 1 saturated heterocycles. The zero-order valence-corrected chi connectivity index (χ0v) is 55.9. The topological polar surface area (TPSA) is 452 Å². The summed E-state index contributed by atoms with van der Waals surface area (Å²) in [6, 6.07) is 9.48. The third kappa shape index (κ3) is 16.4. The lowest BCUT2D eigenvalue weighted by Crippen LogP contribution is -2.60. The number of esters is 1. The number of hydrogen-bond donors (Lipinski definition) is 13. The van der Waals surface area contributed by atoms with Crippen molar-refractivity contribution in [2.45, 2.75) is 165 Å². The molecule has 538 valence electrons. The highest BCUT2D eigenvalue weighted by atomic mass is 16.7. The Morgan fingerprint density at radius 3 is 2.26 bits per heavy atom. The van der Waals surface area contributed by atoms with Gasteiger partial charge in [0.2, 0.25) is 48.1 Å². The molecule has 7 heterocycles. The number of imide groups is 1. The van der Waals surface area contributed by atoms with Gasteiger partial charge < -0.3 is 96.3 Å². The first-order valence-corrected chi connectivity index (χ1v) is 33.4. The molecule has 1 fully saturated rings. The predicted molar refractivity (Wildman–Crippen MR) is 350 cm³/mol. The van der Waals surface area contributed by atoms with Crippen LogP contribution in [0.2, 0.25) is 0 Å². The number of ether oxygens (including phenoxy) is 5. The SMILES string of the molecule is CC[C@@]1(O)C(=O)OCc2c1cc1n(c2=O)Cc2c-1nc1cc3c(c4c1c2[C@@H](NC(=O)C(C)(C)COCNC(=O)CN[C@@H](C)[C@H](Cc1ccccc1)NC(=O)CNC(=O)CNC(=O)[C@H](CCC(=O)NC[C@@H]1O[C@H](CO)[C@@H](O)[C@H](O)[C@H]1O)NC(=O)CCCCCN1C(=O)C=CC1=O)CC4)OCO3. The molecule has 6 aliphatic rings. The van der Waals surface area contributed by atoms with Crippen LogP contribution < -0.4 is 57.6 Å². The second kappa shape index (κ2) is 31.9. The molecule has 13 N–H and O–H groups in total. The average molecular weight is 1390 g/mol. The van der Waals surface area contributed by atoms with E-state index in [4.69, 9.17) is 28.7 Å². The molecule has 9 amide bonds. The first-order valence-electron chi connectivity index (χ1n) is 33.4. The largest absolute Gasteiger partial charge is 0.458 e. The molecule has 4 aromatic rings. The summed E-state index contributed by atoms with van der Waals surface area (Å²) in [6.07, 6.45) is -3.36. The van der Waals surface area contributed by atoms with Crippen LogP contribution in [0.25, 0.3) is 22.3 Å². The number of fused-ring (bicyclic) bond motifs is 7. The Bertz CT molecular complexity index is 3900. The lowest BCUT2D eigenvalue weighted by atomic mass is 9.82. The van der Waals surface area contributed by atoms with Gasteiger partial charge in [-0.15, -0.1) is 0 Å². The highest BCUT2D eigenvalue weighted by molar-refractivity contribution is 6.12. The average Bonchev–Trinajstić information content (AvgIpc) is 1.49. The van der Waals surface area contributed by atoms with Crippen LogP contribution in [-0.4, -0.2) is 207 Å². The van der Waals surface area contributed by atoms with Gasteiger partial charge in [-0.05, 0) is 82.9 Å². The van der Waals surface area contributed by atoms with Gasteiger partial charge in [0, 0.05) is 78.3 Å². The monoisotopic (exact) mass is 1390 g/mol. The van der Waals surface area contributed by atoms with E-state index in [-0.39, 0.29) is 95.6 Å². The lowest BCUT2D eigenvalue weighted by molar-refractivity contribution is -0.227. The van der Waals surface area contributed by atoms with E-state index in [1.165, 1.54) is 12.2 Å². The van der Waals surface area contributed by atoms with Gasteiger partial charge in [-0.2, -0.15) is 0 Å². The van der Waals surface area contributed by atoms with Crippen LogP contribution in [0, 0.1) is 5.41 Å². The van der Waals surface area contributed by atoms with E-state index < -0.39 is 144 Å². The van der Waals surface area contributed by atoms with Crippen LogP contribution in [0.3, 0.4) is 0 Å². The van der Waals surface area contributed by atoms with Gasteiger partial charge >= 0.3 is 5.97 Å². The van der Waals surface area contributed by atoms with Gasteiger partial charge in [-0.1, -0.05) is 43.7 Å². The number of aliphatic hydroxyl groups excluding tert-OH is 4. The Morgan fingerprint density at radius 2 is 1.52 bits per heavy atom. The molecule has 10 rings (SSSR count). The van der Waals surface area contributed by atoms with Crippen molar-refractivity contribution >= 4 is 70.0 Å². The molecule has 2 aromatic carbocycles. The number of unbranched alkanes of at least 4 members (excludes halogenated alkanes) is 2. The number of rotatable bonds is 32. The summed E-state index contributed by atoms with van der Waals surface area (Å²) in [4.78, 5) is 151. The first kappa shape index (κ1) is 73.4. The normalized spacial score (nSPS) is 21.8. The van der Waals surface area contributed by atoms with Crippen molar-refractivity contribution in [3.8, 4) is 22.9 Å². The van der Waals surface area contributed by atoms with E-state index in [2.05, 4.69) is 42.5 Å². The number of aliphatic hydroxyl groups is 5. The summed E-state index contributed by atoms with van der Waals surface area (Å²) in [6.45, 7) is 3.92. The number of nitrogens with one attached hydrogen (secondary N) is 8.